The molecule has 1 saturated heterocycles. The highest BCUT2D eigenvalue weighted by Crippen LogP contribution is 2.22. The van der Waals surface area contributed by atoms with Crippen molar-refractivity contribution in [1.29, 1.82) is 0 Å². The molecule has 2 aromatic carbocycles. The number of nitrogens with zero attached hydrogens (tertiary/aromatic N) is 1. The van der Waals surface area contributed by atoms with Gasteiger partial charge in [0.2, 0.25) is 10.0 Å². The summed E-state index contributed by atoms with van der Waals surface area (Å²) >= 11 is 0. The van der Waals surface area contributed by atoms with Gasteiger partial charge in [-0.25, -0.2) is 8.42 Å². The molecule has 2 N–H and O–H groups in total. The van der Waals surface area contributed by atoms with Crippen LogP contribution in [0.25, 0.3) is 0 Å². The number of rotatable bonds is 9. The summed E-state index contributed by atoms with van der Waals surface area (Å²) in [5.74, 6) is -0.307. The summed E-state index contributed by atoms with van der Waals surface area (Å²) < 4.78 is 35.7. The second-order valence-corrected chi connectivity index (χ2v) is 9.88. The maximum atomic E-state index is 12.7. The van der Waals surface area contributed by atoms with Gasteiger partial charge in [0.15, 0.2) is 6.10 Å². The molecule has 178 valence electrons. The highest BCUT2D eigenvalue weighted by molar-refractivity contribution is 7.92. The molecule has 2 aromatic rings. The minimum Gasteiger partial charge on any atom is -0.481 e. The molecule has 0 bridgehead atoms. The van der Waals surface area contributed by atoms with Crippen LogP contribution < -0.4 is 19.7 Å². The highest BCUT2D eigenvalue weighted by Gasteiger charge is 2.21. The Bertz CT molecular complexity index is 1080. The van der Waals surface area contributed by atoms with E-state index < -0.39 is 22.0 Å². The van der Waals surface area contributed by atoms with Gasteiger partial charge in [-0.3, -0.25) is 13.9 Å². The molecule has 9 nitrogen and oxygen atoms in total. The smallest absolute Gasteiger partial charge is 0.265 e. The van der Waals surface area contributed by atoms with E-state index in [1.54, 1.807) is 55.5 Å². The first-order chi connectivity index (χ1) is 15.6. The molecule has 2 amide bonds. The van der Waals surface area contributed by atoms with Crippen molar-refractivity contribution >= 4 is 33.2 Å². The predicted molar refractivity (Wildman–Crippen MR) is 126 cm³/mol. The second-order valence-electron chi connectivity index (χ2n) is 7.86. The van der Waals surface area contributed by atoms with E-state index in [0.717, 1.165) is 23.4 Å². The minimum absolute atomic E-state index is 0.0211. The number of carbonyl (C=O) groups is 2. The van der Waals surface area contributed by atoms with E-state index in [9.17, 15) is 18.0 Å². The third kappa shape index (κ3) is 6.69. The van der Waals surface area contributed by atoms with E-state index in [4.69, 9.17) is 9.47 Å². The Hall–Kier alpha value is -3.11. The number of hydrogen-bond donors (Lipinski definition) is 2. The Balaban J connectivity index is 1.60. The lowest BCUT2D eigenvalue weighted by atomic mass is 10.1. The quantitative estimate of drug-likeness (QED) is 0.576. The fraction of sp³-hybridized carbons (Fsp3) is 0.391. The first-order valence-corrected chi connectivity index (χ1v) is 12.5. The summed E-state index contributed by atoms with van der Waals surface area (Å²) in [4.78, 5) is 25.3. The maximum Gasteiger partial charge on any atom is 0.265 e. The Morgan fingerprint density at radius 1 is 1.18 bits per heavy atom. The Kier molecular flexibility index (Phi) is 7.93. The van der Waals surface area contributed by atoms with Crippen LogP contribution in [0.2, 0.25) is 0 Å². The summed E-state index contributed by atoms with van der Waals surface area (Å²) in [5.41, 5.74) is 1.21. The molecule has 1 aliphatic rings. The van der Waals surface area contributed by atoms with Gasteiger partial charge < -0.3 is 20.1 Å². The van der Waals surface area contributed by atoms with E-state index in [-0.39, 0.29) is 12.0 Å². The van der Waals surface area contributed by atoms with Crippen molar-refractivity contribution in [3.63, 3.8) is 0 Å². The third-order valence-corrected chi connectivity index (χ3v) is 6.53. The van der Waals surface area contributed by atoms with Gasteiger partial charge in [0.25, 0.3) is 11.8 Å². The summed E-state index contributed by atoms with van der Waals surface area (Å²) in [6, 6.07) is 13.1. The molecule has 0 aliphatic carbocycles. The molecule has 2 atom stereocenters. The van der Waals surface area contributed by atoms with E-state index in [1.165, 1.54) is 7.05 Å². The predicted octanol–water partition coefficient (Wildman–Crippen LogP) is 2.40. The maximum absolute atomic E-state index is 12.7. The number of hydrogen-bond acceptors (Lipinski definition) is 6. The molecule has 0 spiro atoms. The van der Waals surface area contributed by atoms with Crippen LogP contribution in [0.3, 0.4) is 0 Å². The van der Waals surface area contributed by atoms with Crippen LogP contribution >= 0.6 is 0 Å². The van der Waals surface area contributed by atoms with Crippen molar-refractivity contribution in [2.45, 2.75) is 32.0 Å². The molecule has 1 aliphatic heterocycles. The molecule has 0 radical (unpaired) electrons. The van der Waals surface area contributed by atoms with Crippen molar-refractivity contribution < 1.29 is 27.5 Å². The van der Waals surface area contributed by atoms with Gasteiger partial charge in [0.1, 0.15) is 5.75 Å². The SMILES string of the molecule is CC(Oc1ccc(N(C)S(C)(=O)=O)cc1)C(=O)Nc1ccccc1C(=O)NCC1CCCO1. The molecular weight excluding hydrogens is 446 g/mol. The fourth-order valence-corrected chi connectivity index (χ4v) is 3.82. The van der Waals surface area contributed by atoms with Crippen molar-refractivity contribution in [2.75, 3.05) is 36.1 Å². The summed E-state index contributed by atoms with van der Waals surface area (Å²) in [5, 5.41) is 5.60. The Morgan fingerprint density at radius 2 is 1.88 bits per heavy atom. The van der Waals surface area contributed by atoms with Crippen LogP contribution in [0.1, 0.15) is 30.1 Å². The van der Waals surface area contributed by atoms with E-state index in [0.29, 0.717) is 35.8 Å². The molecular formula is C23H29N3O6S. The zero-order valence-corrected chi connectivity index (χ0v) is 19.7. The summed E-state index contributed by atoms with van der Waals surface area (Å²) in [6.45, 7) is 2.72. The lowest BCUT2D eigenvalue weighted by molar-refractivity contribution is -0.122. The van der Waals surface area contributed by atoms with E-state index in [1.807, 2.05) is 0 Å². The topological polar surface area (TPSA) is 114 Å². The van der Waals surface area contributed by atoms with Crippen LogP contribution in [0.4, 0.5) is 11.4 Å². The van der Waals surface area contributed by atoms with E-state index >= 15 is 0 Å². The molecule has 10 heteroatoms. The Labute approximate surface area is 194 Å². The molecule has 0 saturated carbocycles. The highest BCUT2D eigenvalue weighted by atomic mass is 32.2. The molecule has 3 rings (SSSR count). The lowest BCUT2D eigenvalue weighted by Crippen LogP contribution is -2.34. The third-order valence-electron chi connectivity index (χ3n) is 5.32. The summed E-state index contributed by atoms with van der Waals surface area (Å²) in [7, 11) is -1.92. The number of amides is 2. The van der Waals surface area contributed by atoms with Gasteiger partial charge in [0.05, 0.1) is 29.3 Å². The second kappa shape index (κ2) is 10.7. The fourth-order valence-electron chi connectivity index (χ4n) is 3.32. The summed E-state index contributed by atoms with van der Waals surface area (Å²) in [6.07, 6.45) is 2.19. The first kappa shape index (κ1) is 24.5. The average molecular weight is 476 g/mol. The zero-order valence-electron chi connectivity index (χ0n) is 18.9. The van der Waals surface area contributed by atoms with E-state index in [2.05, 4.69) is 10.6 Å². The first-order valence-electron chi connectivity index (χ1n) is 10.7. The number of carbonyl (C=O) groups excluding carboxylic acids is 2. The van der Waals surface area contributed by atoms with Crippen molar-refractivity contribution in [2.24, 2.45) is 0 Å². The zero-order chi connectivity index (χ0) is 24.0. The minimum atomic E-state index is -3.37. The van der Waals surface area contributed by atoms with Gasteiger partial charge in [-0.2, -0.15) is 0 Å². The lowest BCUT2D eigenvalue weighted by Gasteiger charge is -2.19. The average Bonchev–Trinajstić information content (AvgIpc) is 3.31. The van der Waals surface area contributed by atoms with Gasteiger partial charge in [-0.1, -0.05) is 12.1 Å². The van der Waals surface area contributed by atoms with Gasteiger partial charge in [-0.05, 0) is 56.2 Å². The number of anilines is 2. The van der Waals surface area contributed by atoms with Crippen molar-refractivity contribution in [3.05, 3.63) is 54.1 Å². The largest absolute Gasteiger partial charge is 0.481 e. The molecule has 1 fully saturated rings. The molecule has 0 aromatic heterocycles. The monoisotopic (exact) mass is 475 g/mol. The van der Waals surface area contributed by atoms with Crippen LogP contribution in [0.5, 0.6) is 5.75 Å². The van der Waals surface area contributed by atoms with Crippen molar-refractivity contribution in [1.82, 2.24) is 5.32 Å². The molecule has 33 heavy (non-hydrogen) atoms. The molecule has 2 unspecified atom stereocenters. The van der Waals surface area contributed by atoms with Crippen LogP contribution in [0, 0.1) is 0 Å². The van der Waals surface area contributed by atoms with Crippen LogP contribution in [0.15, 0.2) is 48.5 Å². The van der Waals surface area contributed by atoms with Crippen molar-refractivity contribution in [3.8, 4) is 5.75 Å². The standard InChI is InChI=1S/C23H29N3O6S/c1-16(32-18-12-10-17(11-13-18)26(2)33(3,29)30)22(27)25-21-9-5-4-8-20(21)23(28)24-15-19-7-6-14-31-19/h4-5,8-13,16,19H,6-7,14-15H2,1-3H3,(H,24,28)(H,25,27). The number of benzene rings is 2. The number of ether oxygens (including phenoxy) is 2. The Morgan fingerprint density at radius 3 is 2.52 bits per heavy atom. The van der Waals surface area contributed by atoms with Crippen LogP contribution in [-0.4, -0.2) is 58.9 Å². The van der Waals surface area contributed by atoms with Gasteiger partial charge in [-0.15, -0.1) is 0 Å². The molecule has 1 heterocycles. The number of para-hydroxylation sites is 1. The number of sulfonamides is 1. The van der Waals surface area contributed by atoms with Gasteiger partial charge in [0, 0.05) is 20.2 Å². The van der Waals surface area contributed by atoms with Gasteiger partial charge >= 0.3 is 0 Å². The normalized spacial score (nSPS) is 16.6. The number of nitrogens with one attached hydrogen (secondary N) is 2. The van der Waals surface area contributed by atoms with Crippen LogP contribution in [-0.2, 0) is 19.6 Å².